The van der Waals surface area contributed by atoms with E-state index >= 15 is 0 Å². The molecule has 0 aliphatic rings. The van der Waals surface area contributed by atoms with Crippen molar-refractivity contribution < 1.29 is 13.9 Å². The topological polar surface area (TPSA) is 39.4 Å². The number of carbonyl (C=O) groups excluding carboxylic acids is 1. The first kappa shape index (κ1) is 12.2. The summed E-state index contributed by atoms with van der Waals surface area (Å²) in [6, 6.07) is 9.61. The Morgan fingerprint density at radius 1 is 1.47 bits per heavy atom. The number of rotatable bonds is 3. The van der Waals surface area contributed by atoms with E-state index in [1.807, 2.05) is 52.9 Å². The fourth-order valence-corrected chi connectivity index (χ4v) is 1.92. The number of carbonyl (C=O) groups is 1. The summed E-state index contributed by atoms with van der Waals surface area (Å²) < 4.78 is 11.0. The van der Waals surface area contributed by atoms with Gasteiger partial charge in [-0.3, -0.25) is 0 Å². The molecule has 0 aliphatic carbocycles. The zero-order valence-corrected chi connectivity index (χ0v) is 11.4. The summed E-state index contributed by atoms with van der Waals surface area (Å²) in [5, 5.41) is 1.02. The van der Waals surface area contributed by atoms with Crippen LogP contribution in [0.2, 0.25) is 0 Å². The first-order valence-electron chi connectivity index (χ1n) is 5.23. The summed E-state index contributed by atoms with van der Waals surface area (Å²) in [5.74, 6) is 0.331. The number of furan rings is 1. The Labute approximate surface area is 113 Å². The molecule has 1 aromatic carbocycles. The predicted octanol–water partition coefficient (Wildman–Crippen LogP) is 3.77. The van der Waals surface area contributed by atoms with Crippen LogP contribution in [0.4, 0.5) is 0 Å². The number of ether oxygens (including phenoxy) is 1. The van der Waals surface area contributed by atoms with Gasteiger partial charge in [-0.25, -0.2) is 4.79 Å². The molecule has 0 amide bonds. The lowest BCUT2D eigenvalue weighted by atomic mass is 10.2. The van der Waals surface area contributed by atoms with Crippen LogP contribution in [-0.2, 0) is 9.53 Å². The molecule has 2 rings (SSSR count). The summed E-state index contributed by atoms with van der Waals surface area (Å²) in [7, 11) is 0. The zero-order chi connectivity index (χ0) is 12.3. The molecule has 0 atom stereocenters. The Morgan fingerprint density at radius 3 is 2.94 bits per heavy atom. The Balaban J connectivity index is 2.28. The second kappa shape index (κ2) is 5.35. The smallest absolute Gasteiger partial charge is 0.344 e. The van der Waals surface area contributed by atoms with Crippen molar-refractivity contribution in [2.24, 2.45) is 0 Å². The van der Waals surface area contributed by atoms with Crippen molar-refractivity contribution in [3.8, 4) is 0 Å². The van der Waals surface area contributed by atoms with Crippen LogP contribution in [0, 0.1) is 0 Å². The van der Waals surface area contributed by atoms with E-state index in [0.717, 1.165) is 11.0 Å². The van der Waals surface area contributed by atoms with Gasteiger partial charge in [0.05, 0.1) is 6.61 Å². The SMILES string of the molecule is CCOC(=O)/C(I)=C/c1cc2ccccc2o1. The highest BCUT2D eigenvalue weighted by Gasteiger charge is 2.08. The molecule has 0 radical (unpaired) electrons. The van der Waals surface area contributed by atoms with Crippen molar-refractivity contribution in [1.82, 2.24) is 0 Å². The molecule has 0 spiro atoms. The maximum atomic E-state index is 11.4. The third-order valence-corrected chi connectivity index (χ3v) is 2.94. The second-order valence-electron chi connectivity index (χ2n) is 3.40. The van der Waals surface area contributed by atoms with Gasteiger partial charge in [0.1, 0.15) is 14.9 Å². The summed E-state index contributed by atoms with van der Waals surface area (Å²) in [5.41, 5.74) is 0.812. The van der Waals surface area contributed by atoms with Crippen molar-refractivity contribution in [2.75, 3.05) is 6.61 Å². The van der Waals surface area contributed by atoms with E-state index in [-0.39, 0.29) is 5.97 Å². The normalized spacial score (nSPS) is 11.8. The number of halogens is 1. The molecule has 88 valence electrons. The quantitative estimate of drug-likeness (QED) is 0.484. The van der Waals surface area contributed by atoms with E-state index in [9.17, 15) is 4.79 Å². The Morgan fingerprint density at radius 2 is 2.24 bits per heavy atom. The number of hydrogen-bond donors (Lipinski definition) is 0. The van der Waals surface area contributed by atoms with Gasteiger partial charge < -0.3 is 9.15 Å². The first-order valence-corrected chi connectivity index (χ1v) is 6.31. The predicted molar refractivity (Wildman–Crippen MR) is 74.8 cm³/mol. The lowest BCUT2D eigenvalue weighted by Gasteiger charge is -1.98. The summed E-state index contributed by atoms with van der Waals surface area (Å²) in [4.78, 5) is 11.4. The maximum absolute atomic E-state index is 11.4. The van der Waals surface area contributed by atoms with Crippen LogP contribution in [0.25, 0.3) is 17.0 Å². The van der Waals surface area contributed by atoms with Crippen molar-refractivity contribution in [1.29, 1.82) is 0 Å². The number of para-hydroxylation sites is 1. The lowest BCUT2D eigenvalue weighted by molar-refractivity contribution is -0.137. The van der Waals surface area contributed by atoms with Crippen LogP contribution in [-0.4, -0.2) is 12.6 Å². The van der Waals surface area contributed by atoms with Gasteiger partial charge in [0, 0.05) is 11.5 Å². The molecule has 0 saturated carbocycles. The van der Waals surface area contributed by atoms with Gasteiger partial charge in [-0.1, -0.05) is 18.2 Å². The van der Waals surface area contributed by atoms with Crippen LogP contribution >= 0.6 is 22.6 Å². The summed E-state index contributed by atoms with van der Waals surface area (Å²) >= 11 is 1.95. The van der Waals surface area contributed by atoms with Crippen LogP contribution in [0.5, 0.6) is 0 Å². The fourth-order valence-electron chi connectivity index (χ4n) is 1.46. The van der Waals surface area contributed by atoms with Crippen molar-refractivity contribution in [3.63, 3.8) is 0 Å². The van der Waals surface area contributed by atoms with Gasteiger partial charge in [-0.2, -0.15) is 0 Å². The third-order valence-electron chi connectivity index (χ3n) is 2.18. The monoisotopic (exact) mass is 342 g/mol. The highest BCUT2D eigenvalue weighted by molar-refractivity contribution is 14.1. The highest BCUT2D eigenvalue weighted by atomic mass is 127. The van der Waals surface area contributed by atoms with Gasteiger partial charge >= 0.3 is 5.97 Å². The number of fused-ring (bicyclic) bond motifs is 1. The molecular weight excluding hydrogens is 331 g/mol. The van der Waals surface area contributed by atoms with Crippen LogP contribution in [0.15, 0.2) is 38.3 Å². The van der Waals surface area contributed by atoms with E-state index in [1.54, 1.807) is 13.0 Å². The summed E-state index contributed by atoms with van der Waals surface area (Å²) in [6.07, 6.45) is 1.68. The van der Waals surface area contributed by atoms with E-state index in [2.05, 4.69) is 0 Å². The van der Waals surface area contributed by atoms with Gasteiger partial charge in [-0.05, 0) is 41.6 Å². The fraction of sp³-hybridized carbons (Fsp3) is 0.154. The summed E-state index contributed by atoms with van der Waals surface area (Å²) in [6.45, 7) is 2.16. The van der Waals surface area contributed by atoms with Crippen LogP contribution in [0.3, 0.4) is 0 Å². The van der Waals surface area contributed by atoms with Crippen LogP contribution in [0.1, 0.15) is 12.7 Å². The Kier molecular flexibility index (Phi) is 3.83. The molecule has 4 heteroatoms. The standard InChI is InChI=1S/C13H11IO3/c1-2-16-13(15)11(14)8-10-7-9-5-3-4-6-12(9)17-10/h3-8H,2H2,1H3/b11-8-. The first-order chi connectivity index (χ1) is 8.20. The molecule has 1 aromatic heterocycles. The maximum Gasteiger partial charge on any atom is 0.344 e. The molecule has 0 fully saturated rings. The molecule has 3 nitrogen and oxygen atoms in total. The molecule has 0 unspecified atom stereocenters. The molecule has 0 saturated heterocycles. The molecular formula is C13H11IO3. The minimum absolute atomic E-state index is 0.325. The Bertz CT molecular complexity index is 536. The number of hydrogen-bond acceptors (Lipinski definition) is 3. The average molecular weight is 342 g/mol. The van der Waals surface area contributed by atoms with Crippen molar-refractivity contribution in [3.05, 3.63) is 39.7 Å². The van der Waals surface area contributed by atoms with E-state index in [4.69, 9.17) is 9.15 Å². The minimum Gasteiger partial charge on any atom is -0.462 e. The second-order valence-corrected chi connectivity index (χ2v) is 4.56. The Hall–Kier alpha value is -1.30. The highest BCUT2D eigenvalue weighted by Crippen LogP contribution is 2.22. The molecule has 0 aliphatic heterocycles. The van der Waals surface area contributed by atoms with Crippen LogP contribution < -0.4 is 0 Å². The minimum atomic E-state index is -0.325. The largest absolute Gasteiger partial charge is 0.462 e. The molecule has 2 aromatic rings. The number of esters is 1. The van der Waals surface area contributed by atoms with Gasteiger partial charge in [0.15, 0.2) is 0 Å². The lowest BCUT2D eigenvalue weighted by Crippen LogP contribution is -2.02. The van der Waals surface area contributed by atoms with E-state index < -0.39 is 0 Å². The van der Waals surface area contributed by atoms with Gasteiger partial charge in [-0.15, -0.1) is 0 Å². The van der Waals surface area contributed by atoms with Gasteiger partial charge in [0.2, 0.25) is 0 Å². The number of benzene rings is 1. The third kappa shape index (κ3) is 2.88. The molecule has 17 heavy (non-hydrogen) atoms. The molecule has 0 bridgehead atoms. The van der Waals surface area contributed by atoms with Crippen molar-refractivity contribution in [2.45, 2.75) is 6.92 Å². The van der Waals surface area contributed by atoms with E-state index in [0.29, 0.717) is 15.9 Å². The van der Waals surface area contributed by atoms with Gasteiger partial charge in [0.25, 0.3) is 0 Å². The molecule has 0 N–H and O–H groups in total. The van der Waals surface area contributed by atoms with E-state index in [1.165, 1.54) is 0 Å². The molecule has 1 heterocycles. The average Bonchev–Trinajstić information content (AvgIpc) is 2.71. The zero-order valence-electron chi connectivity index (χ0n) is 9.27. The van der Waals surface area contributed by atoms with Crippen molar-refractivity contribution >= 4 is 45.6 Å².